The van der Waals surface area contributed by atoms with E-state index in [1.807, 2.05) is 6.08 Å². The van der Waals surface area contributed by atoms with E-state index in [4.69, 9.17) is 0 Å². The lowest BCUT2D eigenvalue weighted by atomic mass is 10.2. The van der Waals surface area contributed by atoms with Crippen LogP contribution in [-0.4, -0.2) is 9.13 Å². The maximum Gasteiger partial charge on any atom is 0.0541 e. The first-order valence-corrected chi connectivity index (χ1v) is 10.8. The molecule has 4 aromatic carbocycles. The van der Waals surface area contributed by atoms with Crippen molar-refractivity contribution in [3.63, 3.8) is 0 Å². The molecule has 2 heterocycles. The van der Waals surface area contributed by atoms with Gasteiger partial charge in [-0.05, 0) is 36.4 Å². The summed E-state index contributed by atoms with van der Waals surface area (Å²) in [7, 11) is 0. The molecule has 152 valence electrons. The third-order valence-electron chi connectivity index (χ3n) is 6.23. The number of para-hydroxylation sites is 4. The third-order valence-corrected chi connectivity index (χ3v) is 6.23. The first-order chi connectivity index (χ1) is 15.8. The maximum absolute atomic E-state index is 4.48. The molecule has 2 heteroatoms. The zero-order chi connectivity index (χ0) is 21.7. The van der Waals surface area contributed by atoms with E-state index in [1.165, 1.54) is 21.5 Å². The van der Waals surface area contributed by atoms with Crippen molar-refractivity contribution in [3.8, 4) is 0 Å². The molecule has 0 unspecified atom stereocenters. The van der Waals surface area contributed by atoms with Crippen molar-refractivity contribution in [1.82, 2.24) is 9.13 Å². The average Bonchev–Trinajstić information content (AvgIpc) is 3.36. The van der Waals surface area contributed by atoms with E-state index in [1.54, 1.807) is 0 Å². The minimum Gasteiger partial charge on any atom is -0.310 e. The predicted molar refractivity (Wildman–Crippen MR) is 139 cm³/mol. The highest BCUT2D eigenvalue weighted by Gasteiger charge is 2.14. The van der Waals surface area contributed by atoms with Gasteiger partial charge in [0, 0.05) is 32.9 Å². The highest BCUT2D eigenvalue weighted by atomic mass is 15.0. The molecule has 0 aliphatic carbocycles. The van der Waals surface area contributed by atoms with E-state index in [9.17, 15) is 0 Å². The summed E-state index contributed by atoms with van der Waals surface area (Å²) in [6, 6.07) is 34.0. The van der Waals surface area contributed by atoms with Gasteiger partial charge in [-0.1, -0.05) is 86.0 Å². The van der Waals surface area contributed by atoms with Crippen LogP contribution in [0.4, 0.5) is 0 Å². The average molecular weight is 411 g/mol. The number of aromatic nitrogens is 2. The van der Waals surface area contributed by atoms with Crippen LogP contribution in [0.25, 0.3) is 55.0 Å². The summed E-state index contributed by atoms with van der Waals surface area (Å²) in [6.07, 6.45) is 4.04. The fraction of sp³-hybridized carbons (Fsp3) is 0. The van der Waals surface area contributed by atoms with Crippen LogP contribution < -0.4 is 0 Å². The Morgan fingerprint density at radius 2 is 0.875 bits per heavy atom. The summed E-state index contributed by atoms with van der Waals surface area (Å²) in [5.74, 6) is 0. The van der Waals surface area contributed by atoms with Gasteiger partial charge in [0.2, 0.25) is 0 Å². The second-order valence-electron chi connectivity index (χ2n) is 8.00. The van der Waals surface area contributed by atoms with Crippen LogP contribution in [0.5, 0.6) is 0 Å². The molecule has 0 fully saturated rings. The third kappa shape index (κ3) is 2.60. The molecule has 6 rings (SSSR count). The van der Waals surface area contributed by atoms with Gasteiger partial charge < -0.3 is 9.13 Å². The molecule has 0 saturated carbocycles. The Hall–Kier alpha value is -4.30. The van der Waals surface area contributed by atoms with Crippen molar-refractivity contribution in [2.75, 3.05) is 0 Å². The molecule has 6 aromatic rings. The molecule has 0 amide bonds. The largest absolute Gasteiger partial charge is 0.310 e. The Bertz CT molecular complexity index is 1600. The molecular weight excluding hydrogens is 388 g/mol. The Morgan fingerprint density at radius 1 is 0.531 bits per heavy atom. The first kappa shape index (κ1) is 18.5. The van der Waals surface area contributed by atoms with Crippen LogP contribution >= 0.6 is 0 Å². The summed E-state index contributed by atoms with van der Waals surface area (Å²) in [5.41, 5.74) is 6.53. The second-order valence-corrected chi connectivity index (χ2v) is 8.00. The fourth-order valence-corrected chi connectivity index (χ4v) is 4.88. The number of fused-ring (bicyclic) bond motifs is 6. The molecule has 0 aliphatic rings. The SMILES string of the molecule is C=C/C(=C\C(=C)n1c2ccccc2c2ccccc21)n1c2ccccc2c2ccccc21. The van der Waals surface area contributed by atoms with Gasteiger partial charge in [-0.15, -0.1) is 0 Å². The van der Waals surface area contributed by atoms with Gasteiger partial charge in [0.05, 0.1) is 22.1 Å². The lowest BCUT2D eigenvalue weighted by Gasteiger charge is -2.12. The minimum atomic E-state index is 0.902. The molecule has 0 atom stereocenters. The Balaban J connectivity index is 1.62. The summed E-state index contributed by atoms with van der Waals surface area (Å²) in [4.78, 5) is 0. The molecule has 32 heavy (non-hydrogen) atoms. The molecule has 0 aliphatic heterocycles. The number of nitrogens with zero attached hydrogens (tertiary/aromatic N) is 2. The summed E-state index contributed by atoms with van der Waals surface area (Å²) < 4.78 is 4.51. The van der Waals surface area contributed by atoms with Crippen molar-refractivity contribution in [2.24, 2.45) is 0 Å². The monoisotopic (exact) mass is 410 g/mol. The highest BCUT2D eigenvalue weighted by Crippen LogP contribution is 2.34. The molecular formula is C30H22N2. The number of hydrogen-bond donors (Lipinski definition) is 0. The van der Waals surface area contributed by atoms with Crippen molar-refractivity contribution in [1.29, 1.82) is 0 Å². The van der Waals surface area contributed by atoms with Gasteiger partial charge in [-0.25, -0.2) is 0 Å². The van der Waals surface area contributed by atoms with E-state index in [-0.39, 0.29) is 0 Å². The van der Waals surface area contributed by atoms with Crippen LogP contribution in [0.15, 0.2) is 122 Å². The number of rotatable bonds is 4. The van der Waals surface area contributed by atoms with E-state index < -0.39 is 0 Å². The molecule has 0 bridgehead atoms. The minimum absolute atomic E-state index is 0.902. The molecule has 2 aromatic heterocycles. The molecule has 0 saturated heterocycles. The zero-order valence-corrected chi connectivity index (χ0v) is 17.7. The van der Waals surface area contributed by atoms with Crippen LogP contribution in [0.1, 0.15) is 0 Å². The standard InChI is InChI=1S/C30H22N2/c1-3-22(32-29-18-10-6-14-25(29)26-15-7-11-19-30(26)32)20-21(2)31-27-16-8-4-12-23(27)24-13-5-9-17-28(24)31/h3-20H,1-2H2/b22-20+. The molecule has 0 spiro atoms. The van der Waals surface area contributed by atoms with Gasteiger partial charge in [-0.2, -0.15) is 0 Å². The van der Waals surface area contributed by atoms with Gasteiger partial charge in [-0.3, -0.25) is 0 Å². The van der Waals surface area contributed by atoms with Gasteiger partial charge >= 0.3 is 0 Å². The van der Waals surface area contributed by atoms with E-state index in [0.29, 0.717) is 0 Å². The highest BCUT2D eigenvalue weighted by molar-refractivity contribution is 6.12. The summed E-state index contributed by atoms with van der Waals surface area (Å²) >= 11 is 0. The zero-order valence-electron chi connectivity index (χ0n) is 17.7. The second kappa shape index (κ2) is 7.14. The lowest BCUT2D eigenvalue weighted by Crippen LogP contribution is -1.98. The molecule has 0 radical (unpaired) electrons. The van der Waals surface area contributed by atoms with Crippen molar-refractivity contribution < 1.29 is 0 Å². The quantitative estimate of drug-likeness (QED) is 0.260. The lowest BCUT2D eigenvalue weighted by molar-refractivity contribution is 1.21. The molecule has 2 nitrogen and oxygen atoms in total. The van der Waals surface area contributed by atoms with E-state index in [2.05, 4.69) is 125 Å². The van der Waals surface area contributed by atoms with E-state index >= 15 is 0 Å². The fourth-order valence-electron chi connectivity index (χ4n) is 4.88. The van der Waals surface area contributed by atoms with Crippen LogP contribution in [-0.2, 0) is 0 Å². The Morgan fingerprint density at radius 3 is 1.25 bits per heavy atom. The Kier molecular flexibility index (Phi) is 4.12. The van der Waals surface area contributed by atoms with E-state index in [0.717, 1.165) is 33.5 Å². The van der Waals surface area contributed by atoms with Crippen LogP contribution in [0.2, 0.25) is 0 Å². The number of benzene rings is 4. The van der Waals surface area contributed by atoms with Crippen LogP contribution in [0.3, 0.4) is 0 Å². The van der Waals surface area contributed by atoms with Gasteiger partial charge in [0.15, 0.2) is 0 Å². The van der Waals surface area contributed by atoms with Crippen molar-refractivity contribution >= 4 is 55.0 Å². The summed E-state index contributed by atoms with van der Waals surface area (Å²) in [6.45, 7) is 8.63. The smallest absolute Gasteiger partial charge is 0.0541 e. The normalized spacial score (nSPS) is 12.2. The first-order valence-electron chi connectivity index (χ1n) is 10.8. The molecule has 0 N–H and O–H groups in total. The number of allylic oxidation sites excluding steroid dienone is 4. The Labute approximate surface area is 186 Å². The van der Waals surface area contributed by atoms with Crippen molar-refractivity contribution in [2.45, 2.75) is 0 Å². The predicted octanol–water partition coefficient (Wildman–Crippen LogP) is 8.10. The topological polar surface area (TPSA) is 9.86 Å². The maximum atomic E-state index is 4.48. The van der Waals surface area contributed by atoms with Gasteiger partial charge in [0.1, 0.15) is 0 Å². The van der Waals surface area contributed by atoms with Crippen molar-refractivity contribution in [3.05, 3.63) is 122 Å². The number of hydrogen-bond acceptors (Lipinski definition) is 0. The summed E-state index contributed by atoms with van der Waals surface area (Å²) in [5, 5.41) is 4.93. The van der Waals surface area contributed by atoms with Gasteiger partial charge in [0.25, 0.3) is 0 Å². The van der Waals surface area contributed by atoms with Crippen LogP contribution in [0, 0.1) is 0 Å².